The maximum Gasteiger partial charge on any atom is 0.280 e. The summed E-state index contributed by atoms with van der Waals surface area (Å²) in [7, 11) is 0. The third-order valence-corrected chi connectivity index (χ3v) is 3.74. The molecule has 0 radical (unpaired) electrons. The predicted octanol–water partition coefficient (Wildman–Crippen LogP) is 2.41. The van der Waals surface area contributed by atoms with Gasteiger partial charge in [-0.3, -0.25) is 14.6 Å². The molecule has 6 heteroatoms. The second-order valence-electron chi connectivity index (χ2n) is 5.64. The zero-order valence-electron chi connectivity index (χ0n) is 13.5. The number of aliphatic imine (C=N–C) groups is 4. The highest BCUT2D eigenvalue weighted by molar-refractivity contribution is 6.27. The summed E-state index contributed by atoms with van der Waals surface area (Å²) in [5.41, 5.74) is 4.38. The number of nitrogens with zero attached hydrogens (tertiary/aromatic N) is 4. The summed E-state index contributed by atoms with van der Waals surface area (Å²) in [5, 5.41) is 0. The number of hydrogen-bond donors (Lipinski definition) is 0. The van der Waals surface area contributed by atoms with Gasteiger partial charge in [-0.2, -0.15) is 0 Å². The van der Waals surface area contributed by atoms with Gasteiger partial charge in [0.2, 0.25) is 0 Å². The summed E-state index contributed by atoms with van der Waals surface area (Å²) in [6.07, 6.45) is 20.4. The van der Waals surface area contributed by atoms with E-state index in [1.54, 1.807) is 12.3 Å². The Morgan fingerprint density at radius 1 is 0.731 bits per heavy atom. The standard InChI is InChI=1S/C20H12N4O2/c25-12-13-8-19(24-20(13)26)11-18-6-5-17(23-18)10-16-4-3-15(22-16)9-14-2-1-7-21-14/h1-12H. The third-order valence-electron chi connectivity index (χ3n) is 3.74. The number of amides is 1. The Kier molecular flexibility index (Phi) is 3.99. The van der Waals surface area contributed by atoms with Crippen LogP contribution in [0.25, 0.3) is 0 Å². The molecule has 0 fully saturated rings. The van der Waals surface area contributed by atoms with Crippen LogP contribution in [-0.4, -0.2) is 35.5 Å². The molecule has 4 aliphatic rings. The number of allylic oxidation sites excluding steroid dienone is 10. The molecule has 0 aliphatic carbocycles. The number of carbonyl (C=O) groups is 2. The van der Waals surface area contributed by atoms with Crippen molar-refractivity contribution in [1.82, 2.24) is 0 Å². The van der Waals surface area contributed by atoms with Crippen LogP contribution in [0.2, 0.25) is 0 Å². The summed E-state index contributed by atoms with van der Waals surface area (Å²) >= 11 is 0. The zero-order valence-corrected chi connectivity index (χ0v) is 13.5. The maximum atomic E-state index is 11.4. The van der Waals surface area contributed by atoms with Crippen LogP contribution < -0.4 is 0 Å². The average Bonchev–Trinajstić information content (AvgIpc) is 3.39. The molecule has 4 heterocycles. The van der Waals surface area contributed by atoms with E-state index in [0.29, 0.717) is 17.7 Å². The molecule has 26 heavy (non-hydrogen) atoms. The van der Waals surface area contributed by atoms with Crippen LogP contribution in [-0.2, 0) is 9.59 Å². The summed E-state index contributed by atoms with van der Waals surface area (Å²) in [6, 6.07) is 0. The highest BCUT2D eigenvalue weighted by Crippen LogP contribution is 2.17. The molecule has 124 valence electrons. The molecule has 6 nitrogen and oxygen atoms in total. The van der Waals surface area contributed by atoms with Crippen LogP contribution in [0, 0.1) is 0 Å². The van der Waals surface area contributed by atoms with Gasteiger partial charge in [-0.25, -0.2) is 15.0 Å². The molecule has 4 rings (SSSR count). The molecule has 0 unspecified atom stereocenters. The first kappa shape index (κ1) is 15.7. The van der Waals surface area contributed by atoms with Gasteiger partial charge in [0.1, 0.15) is 0 Å². The van der Waals surface area contributed by atoms with Crippen molar-refractivity contribution in [3.63, 3.8) is 0 Å². The highest BCUT2D eigenvalue weighted by atomic mass is 16.2. The second kappa shape index (κ2) is 6.60. The minimum atomic E-state index is -0.520. The van der Waals surface area contributed by atoms with E-state index in [-0.39, 0.29) is 5.57 Å². The molecule has 0 saturated carbocycles. The third kappa shape index (κ3) is 3.34. The fourth-order valence-electron chi connectivity index (χ4n) is 2.56. The first-order chi connectivity index (χ1) is 12.7. The highest BCUT2D eigenvalue weighted by Gasteiger charge is 2.16. The fraction of sp³-hybridized carbons (Fsp3) is 0. The first-order valence-corrected chi connectivity index (χ1v) is 7.89. The van der Waals surface area contributed by atoms with E-state index in [2.05, 4.69) is 20.0 Å². The van der Waals surface area contributed by atoms with Gasteiger partial charge in [0, 0.05) is 6.21 Å². The van der Waals surface area contributed by atoms with Crippen molar-refractivity contribution < 1.29 is 9.59 Å². The van der Waals surface area contributed by atoms with E-state index in [0.717, 1.165) is 22.8 Å². The lowest BCUT2D eigenvalue weighted by Crippen LogP contribution is -1.93. The SMILES string of the molecule is O=CC1=CC(C=C2C=CC(C=C3C=CC(C=C4C=CC=N4)=N3)=N2)=NC1=O. The minimum Gasteiger partial charge on any atom is -0.298 e. The molecule has 0 aromatic heterocycles. The van der Waals surface area contributed by atoms with Gasteiger partial charge >= 0.3 is 0 Å². The van der Waals surface area contributed by atoms with Crippen molar-refractivity contribution in [2.75, 3.05) is 0 Å². The van der Waals surface area contributed by atoms with Crippen molar-refractivity contribution in [2.24, 2.45) is 20.0 Å². The molecule has 1 amide bonds. The Hall–Kier alpha value is -3.80. The van der Waals surface area contributed by atoms with Crippen molar-refractivity contribution >= 4 is 35.5 Å². The molecular weight excluding hydrogens is 328 g/mol. The molecule has 0 spiro atoms. The zero-order chi connectivity index (χ0) is 17.9. The molecule has 0 aromatic rings. The molecule has 0 N–H and O–H groups in total. The van der Waals surface area contributed by atoms with Crippen LogP contribution in [0.5, 0.6) is 0 Å². The van der Waals surface area contributed by atoms with Gasteiger partial charge in [0.25, 0.3) is 5.91 Å². The Bertz CT molecular complexity index is 1040. The number of carbonyl (C=O) groups excluding carboxylic acids is 2. The smallest absolute Gasteiger partial charge is 0.280 e. The van der Waals surface area contributed by atoms with E-state index < -0.39 is 5.91 Å². The van der Waals surface area contributed by atoms with Crippen LogP contribution >= 0.6 is 0 Å². The topological polar surface area (TPSA) is 83.6 Å². The Morgan fingerprint density at radius 2 is 1.38 bits per heavy atom. The molecule has 0 atom stereocenters. The second-order valence-corrected chi connectivity index (χ2v) is 5.64. The summed E-state index contributed by atoms with van der Waals surface area (Å²) in [5.74, 6) is -0.520. The number of aldehydes is 1. The quantitative estimate of drug-likeness (QED) is 0.581. The van der Waals surface area contributed by atoms with Crippen molar-refractivity contribution in [1.29, 1.82) is 0 Å². The monoisotopic (exact) mass is 340 g/mol. The lowest BCUT2D eigenvalue weighted by atomic mass is 10.2. The molecule has 4 aliphatic heterocycles. The number of rotatable bonds is 4. The largest absolute Gasteiger partial charge is 0.298 e. The number of hydrogen-bond acceptors (Lipinski definition) is 5. The average molecular weight is 340 g/mol. The Labute approximate surface area is 149 Å². The van der Waals surface area contributed by atoms with E-state index >= 15 is 0 Å². The molecule has 0 bridgehead atoms. The van der Waals surface area contributed by atoms with E-state index in [1.807, 2.05) is 48.6 Å². The first-order valence-electron chi connectivity index (χ1n) is 7.89. The van der Waals surface area contributed by atoms with Crippen molar-refractivity contribution in [3.05, 3.63) is 83.4 Å². The van der Waals surface area contributed by atoms with Crippen LogP contribution in [0.4, 0.5) is 0 Å². The van der Waals surface area contributed by atoms with Crippen molar-refractivity contribution in [2.45, 2.75) is 0 Å². The van der Waals surface area contributed by atoms with Gasteiger partial charge in [0.15, 0.2) is 6.29 Å². The Balaban J connectivity index is 1.50. The summed E-state index contributed by atoms with van der Waals surface area (Å²) < 4.78 is 0. The summed E-state index contributed by atoms with van der Waals surface area (Å²) in [4.78, 5) is 39.1. The molecule has 0 aromatic carbocycles. The fourth-order valence-corrected chi connectivity index (χ4v) is 2.56. The lowest BCUT2D eigenvalue weighted by molar-refractivity contribution is -0.116. The predicted molar refractivity (Wildman–Crippen MR) is 102 cm³/mol. The molecular formula is C20H12N4O2. The van der Waals surface area contributed by atoms with E-state index in [4.69, 9.17) is 0 Å². The normalized spacial score (nSPS) is 24.9. The minimum absolute atomic E-state index is 0.0543. The van der Waals surface area contributed by atoms with Crippen molar-refractivity contribution in [3.8, 4) is 0 Å². The summed E-state index contributed by atoms with van der Waals surface area (Å²) in [6.45, 7) is 0. The lowest BCUT2D eigenvalue weighted by Gasteiger charge is -1.92. The van der Waals surface area contributed by atoms with Gasteiger partial charge in [-0.1, -0.05) is 0 Å². The van der Waals surface area contributed by atoms with Gasteiger partial charge < -0.3 is 0 Å². The van der Waals surface area contributed by atoms with Gasteiger partial charge in [-0.15, -0.1) is 0 Å². The van der Waals surface area contributed by atoms with Crippen LogP contribution in [0.3, 0.4) is 0 Å². The molecule has 0 saturated heterocycles. The van der Waals surface area contributed by atoms with Gasteiger partial charge in [0.05, 0.1) is 39.8 Å². The van der Waals surface area contributed by atoms with E-state index in [9.17, 15) is 9.59 Å². The van der Waals surface area contributed by atoms with E-state index in [1.165, 1.54) is 6.08 Å². The maximum absolute atomic E-state index is 11.4. The Morgan fingerprint density at radius 3 is 1.96 bits per heavy atom. The van der Waals surface area contributed by atoms with Gasteiger partial charge in [-0.05, 0) is 60.8 Å². The van der Waals surface area contributed by atoms with Crippen LogP contribution in [0.1, 0.15) is 0 Å². The van der Waals surface area contributed by atoms with Crippen LogP contribution in [0.15, 0.2) is 103 Å².